The molecule has 2 aromatic carbocycles. The second kappa shape index (κ2) is 8.45. The van der Waals surface area contributed by atoms with Gasteiger partial charge in [-0.3, -0.25) is 4.90 Å². The van der Waals surface area contributed by atoms with Crippen LogP contribution in [0, 0.1) is 17.6 Å². The number of ether oxygens (including phenoxy) is 1. The molecule has 1 aliphatic rings. The van der Waals surface area contributed by atoms with Crippen molar-refractivity contribution in [3.63, 3.8) is 0 Å². The molecule has 138 valence electrons. The Hall–Kier alpha value is -2.20. The monoisotopic (exact) mass is 357 g/mol. The maximum absolute atomic E-state index is 13.7. The Kier molecular flexibility index (Phi) is 6.04. The van der Waals surface area contributed by atoms with E-state index in [-0.39, 0.29) is 5.75 Å². The molecule has 0 radical (unpaired) electrons. The van der Waals surface area contributed by atoms with Crippen LogP contribution in [0.5, 0.6) is 11.5 Å². The lowest BCUT2D eigenvalue weighted by molar-refractivity contribution is 0.210. The summed E-state index contributed by atoms with van der Waals surface area (Å²) in [6, 6.07) is 10.8. The fourth-order valence-corrected chi connectivity index (χ4v) is 3.10. The van der Waals surface area contributed by atoms with Crippen LogP contribution >= 0.6 is 0 Å². The van der Waals surface area contributed by atoms with Gasteiger partial charge in [0.15, 0.2) is 11.6 Å². The summed E-state index contributed by atoms with van der Waals surface area (Å²) in [6.45, 7) is 7.72. The molecule has 2 aromatic rings. The number of hydrogen-bond donors (Lipinski definition) is 0. The first kappa shape index (κ1) is 18.6. The van der Waals surface area contributed by atoms with E-state index in [0.29, 0.717) is 5.75 Å². The van der Waals surface area contributed by atoms with Gasteiger partial charge in [0.2, 0.25) is 0 Å². The van der Waals surface area contributed by atoms with Crippen molar-refractivity contribution in [2.75, 3.05) is 19.6 Å². The molecule has 1 saturated heterocycles. The van der Waals surface area contributed by atoms with Gasteiger partial charge in [-0.15, -0.1) is 0 Å². The van der Waals surface area contributed by atoms with E-state index in [4.69, 9.17) is 4.74 Å². The minimum atomic E-state index is -0.707. The maximum atomic E-state index is 13.7. The minimum Gasteiger partial charge on any atom is -0.454 e. The van der Waals surface area contributed by atoms with E-state index < -0.39 is 11.6 Å². The molecule has 0 spiro atoms. The molecule has 2 nitrogen and oxygen atoms in total. The molecule has 4 heteroatoms. The lowest BCUT2D eigenvalue weighted by Gasteiger charge is -2.29. The third kappa shape index (κ3) is 4.92. The summed E-state index contributed by atoms with van der Waals surface area (Å²) in [5.74, 6) is 0.0627. The second-order valence-electron chi connectivity index (χ2n) is 7.07. The lowest BCUT2D eigenvalue weighted by Crippen LogP contribution is -2.32. The number of hydrogen-bond acceptors (Lipinski definition) is 2. The Balaban J connectivity index is 1.60. The molecule has 1 fully saturated rings. The van der Waals surface area contributed by atoms with Gasteiger partial charge in [-0.2, -0.15) is 0 Å². The Morgan fingerprint density at radius 3 is 2.46 bits per heavy atom. The molecule has 0 bridgehead atoms. The van der Waals surface area contributed by atoms with Crippen molar-refractivity contribution < 1.29 is 13.5 Å². The number of piperidine rings is 1. The molecule has 0 amide bonds. The molecular formula is C22H25F2NO. The largest absolute Gasteiger partial charge is 0.454 e. The minimum absolute atomic E-state index is 0.0192. The first-order valence-corrected chi connectivity index (χ1v) is 9.14. The van der Waals surface area contributed by atoms with Gasteiger partial charge in [0.1, 0.15) is 11.6 Å². The van der Waals surface area contributed by atoms with Crippen LogP contribution in [0.25, 0.3) is 5.57 Å². The lowest BCUT2D eigenvalue weighted by atomic mass is 9.99. The number of rotatable bonds is 5. The van der Waals surface area contributed by atoms with E-state index >= 15 is 0 Å². The molecule has 0 atom stereocenters. The van der Waals surface area contributed by atoms with Crippen LogP contribution in [0.2, 0.25) is 0 Å². The van der Waals surface area contributed by atoms with Gasteiger partial charge >= 0.3 is 0 Å². The summed E-state index contributed by atoms with van der Waals surface area (Å²) in [5.41, 5.74) is 2.32. The summed E-state index contributed by atoms with van der Waals surface area (Å²) in [4.78, 5) is 2.48. The van der Waals surface area contributed by atoms with Crippen molar-refractivity contribution >= 4 is 5.57 Å². The summed E-state index contributed by atoms with van der Waals surface area (Å²) in [6.07, 6.45) is 4.81. The van der Waals surface area contributed by atoms with E-state index in [0.717, 1.165) is 24.1 Å². The number of benzene rings is 2. The Bertz CT molecular complexity index is 762. The molecule has 0 N–H and O–H groups in total. The molecule has 0 aliphatic carbocycles. The zero-order valence-corrected chi connectivity index (χ0v) is 15.3. The molecule has 0 saturated carbocycles. The van der Waals surface area contributed by atoms with Crippen LogP contribution in [0.15, 0.2) is 48.5 Å². The van der Waals surface area contributed by atoms with Gasteiger partial charge in [0.25, 0.3) is 0 Å². The van der Waals surface area contributed by atoms with Crippen LogP contribution in [0.4, 0.5) is 8.78 Å². The average Bonchev–Trinajstić information content (AvgIpc) is 2.64. The van der Waals surface area contributed by atoms with Crippen LogP contribution in [-0.2, 0) is 0 Å². The number of halogens is 2. The van der Waals surface area contributed by atoms with Crippen molar-refractivity contribution in [2.45, 2.75) is 26.7 Å². The highest BCUT2D eigenvalue weighted by Crippen LogP contribution is 2.26. The van der Waals surface area contributed by atoms with Crippen molar-refractivity contribution in [1.82, 2.24) is 4.90 Å². The fourth-order valence-electron chi connectivity index (χ4n) is 3.10. The first-order valence-electron chi connectivity index (χ1n) is 9.14. The van der Waals surface area contributed by atoms with Crippen molar-refractivity contribution in [2.24, 2.45) is 5.92 Å². The van der Waals surface area contributed by atoms with Crippen LogP contribution in [0.1, 0.15) is 32.3 Å². The third-order valence-electron chi connectivity index (χ3n) is 4.96. The van der Waals surface area contributed by atoms with Gasteiger partial charge in [-0.1, -0.05) is 25.1 Å². The fraction of sp³-hybridized carbons (Fsp3) is 0.364. The maximum Gasteiger partial charge on any atom is 0.168 e. The van der Waals surface area contributed by atoms with E-state index in [2.05, 4.69) is 24.8 Å². The van der Waals surface area contributed by atoms with Gasteiger partial charge in [-0.25, -0.2) is 8.78 Å². The Morgan fingerprint density at radius 1 is 1.12 bits per heavy atom. The van der Waals surface area contributed by atoms with E-state index in [9.17, 15) is 8.78 Å². The van der Waals surface area contributed by atoms with Crippen LogP contribution in [-0.4, -0.2) is 24.5 Å². The average molecular weight is 357 g/mol. The Morgan fingerprint density at radius 2 is 1.81 bits per heavy atom. The molecule has 1 aliphatic heterocycles. The topological polar surface area (TPSA) is 12.5 Å². The molecule has 0 unspecified atom stereocenters. The summed E-state index contributed by atoms with van der Waals surface area (Å²) in [7, 11) is 0. The van der Waals surface area contributed by atoms with Gasteiger partial charge < -0.3 is 4.74 Å². The molecular weight excluding hydrogens is 332 g/mol. The summed E-state index contributed by atoms with van der Waals surface area (Å²) in [5, 5.41) is 0. The molecule has 3 rings (SSSR count). The predicted octanol–water partition coefficient (Wildman–Crippen LogP) is 5.89. The predicted molar refractivity (Wildman–Crippen MR) is 101 cm³/mol. The highest BCUT2D eigenvalue weighted by molar-refractivity contribution is 5.64. The highest BCUT2D eigenvalue weighted by atomic mass is 19.1. The molecule has 26 heavy (non-hydrogen) atoms. The van der Waals surface area contributed by atoms with Gasteiger partial charge in [-0.05, 0) is 74.2 Å². The van der Waals surface area contributed by atoms with Crippen molar-refractivity contribution in [3.05, 3.63) is 65.7 Å². The normalized spacial score (nSPS) is 16.7. The van der Waals surface area contributed by atoms with Crippen LogP contribution < -0.4 is 4.74 Å². The quantitative estimate of drug-likeness (QED) is 0.661. The van der Waals surface area contributed by atoms with E-state index in [1.165, 1.54) is 43.6 Å². The molecule has 0 aromatic heterocycles. The van der Waals surface area contributed by atoms with E-state index in [1.54, 1.807) is 12.1 Å². The standard InChI is InChI=1S/C22H25F2NO/c1-16-9-12-25(13-10-16)14-11-17(2)18-3-6-20(7-4-18)26-22-8-5-19(23)15-21(22)24/h3-8,11,15-16H,9-10,12-14H2,1-2H3/b17-11-. The van der Waals surface area contributed by atoms with Crippen molar-refractivity contribution in [1.29, 1.82) is 0 Å². The molecule has 1 heterocycles. The SMILES string of the molecule is C/C(=C/CN1CCC(C)CC1)c1ccc(Oc2ccc(F)cc2F)cc1. The van der Waals surface area contributed by atoms with Gasteiger partial charge in [0.05, 0.1) is 0 Å². The second-order valence-corrected chi connectivity index (χ2v) is 7.07. The zero-order chi connectivity index (χ0) is 18.5. The summed E-state index contributed by atoms with van der Waals surface area (Å²) >= 11 is 0. The first-order chi connectivity index (χ1) is 12.5. The number of likely N-dealkylation sites (tertiary alicyclic amines) is 1. The van der Waals surface area contributed by atoms with E-state index in [1.807, 2.05) is 12.1 Å². The van der Waals surface area contributed by atoms with Gasteiger partial charge in [0, 0.05) is 12.6 Å². The number of allylic oxidation sites excluding steroid dienone is 1. The summed E-state index contributed by atoms with van der Waals surface area (Å²) < 4.78 is 32.1. The third-order valence-corrected chi connectivity index (χ3v) is 4.96. The highest BCUT2D eigenvalue weighted by Gasteiger charge is 2.14. The Labute approximate surface area is 154 Å². The van der Waals surface area contributed by atoms with Crippen molar-refractivity contribution in [3.8, 4) is 11.5 Å². The smallest absolute Gasteiger partial charge is 0.168 e. The number of nitrogens with zero attached hydrogens (tertiary/aromatic N) is 1. The van der Waals surface area contributed by atoms with Crippen LogP contribution in [0.3, 0.4) is 0 Å². The zero-order valence-electron chi connectivity index (χ0n) is 15.3.